The number of para-hydroxylation sites is 1. The van der Waals surface area contributed by atoms with Gasteiger partial charge in [-0.05, 0) is 36.8 Å². The van der Waals surface area contributed by atoms with Gasteiger partial charge in [0, 0.05) is 31.9 Å². The van der Waals surface area contributed by atoms with E-state index < -0.39 is 0 Å². The van der Waals surface area contributed by atoms with Crippen molar-refractivity contribution < 1.29 is 4.79 Å². The summed E-state index contributed by atoms with van der Waals surface area (Å²) in [6.45, 7) is 5.94. The van der Waals surface area contributed by atoms with E-state index in [2.05, 4.69) is 46.3 Å². The Morgan fingerprint density at radius 3 is 2.32 bits per heavy atom. The predicted molar refractivity (Wildman–Crippen MR) is 105 cm³/mol. The van der Waals surface area contributed by atoms with Gasteiger partial charge in [0.1, 0.15) is 0 Å². The molecule has 6 heteroatoms. The van der Waals surface area contributed by atoms with Crippen LogP contribution < -0.4 is 10.2 Å². The van der Waals surface area contributed by atoms with Crippen LogP contribution in [0, 0.1) is 6.92 Å². The highest BCUT2D eigenvalue weighted by molar-refractivity contribution is 6.39. The van der Waals surface area contributed by atoms with Crippen LogP contribution in [0.3, 0.4) is 0 Å². The average Bonchev–Trinajstić information content (AvgIpc) is 2.59. The third-order valence-electron chi connectivity index (χ3n) is 4.33. The normalized spacial score (nSPS) is 15.2. The first kappa shape index (κ1) is 18.1. The fraction of sp³-hybridized carbons (Fsp3) is 0.316. The van der Waals surface area contributed by atoms with E-state index in [9.17, 15) is 4.79 Å². The number of hydrogen-bond donors (Lipinski definition) is 1. The zero-order chi connectivity index (χ0) is 17.8. The van der Waals surface area contributed by atoms with Crippen molar-refractivity contribution in [1.82, 2.24) is 4.90 Å². The molecule has 1 heterocycles. The molecule has 4 nitrogen and oxygen atoms in total. The highest BCUT2D eigenvalue weighted by Crippen LogP contribution is 2.29. The van der Waals surface area contributed by atoms with Crippen molar-refractivity contribution in [3.8, 4) is 0 Å². The van der Waals surface area contributed by atoms with Crippen molar-refractivity contribution in [3.05, 3.63) is 58.1 Å². The molecule has 132 valence electrons. The van der Waals surface area contributed by atoms with Gasteiger partial charge in [-0.15, -0.1) is 0 Å². The lowest BCUT2D eigenvalue weighted by Gasteiger charge is -2.35. The molecule has 0 spiro atoms. The monoisotopic (exact) mass is 377 g/mol. The van der Waals surface area contributed by atoms with E-state index in [1.807, 2.05) is 0 Å². The number of benzene rings is 2. The number of halogens is 2. The fourth-order valence-electron chi connectivity index (χ4n) is 2.99. The Morgan fingerprint density at radius 1 is 1.04 bits per heavy atom. The van der Waals surface area contributed by atoms with Gasteiger partial charge >= 0.3 is 0 Å². The van der Waals surface area contributed by atoms with Gasteiger partial charge in [-0.25, -0.2) is 0 Å². The van der Waals surface area contributed by atoms with Crippen molar-refractivity contribution in [2.24, 2.45) is 0 Å². The van der Waals surface area contributed by atoms with Crippen LogP contribution in [0.5, 0.6) is 0 Å². The Kier molecular flexibility index (Phi) is 5.84. The van der Waals surface area contributed by atoms with Gasteiger partial charge in [0.05, 0.1) is 22.3 Å². The van der Waals surface area contributed by atoms with Crippen molar-refractivity contribution >= 4 is 40.5 Å². The molecule has 1 saturated heterocycles. The van der Waals surface area contributed by atoms with Crippen molar-refractivity contribution in [3.63, 3.8) is 0 Å². The summed E-state index contributed by atoms with van der Waals surface area (Å²) < 4.78 is 0. The second-order valence-corrected chi connectivity index (χ2v) is 7.06. The Labute approximate surface area is 158 Å². The summed E-state index contributed by atoms with van der Waals surface area (Å²) in [7, 11) is 0. The summed E-state index contributed by atoms with van der Waals surface area (Å²) in [5.74, 6) is -0.0981. The number of amides is 1. The Bertz CT molecular complexity index is 738. The molecule has 0 aliphatic carbocycles. The molecule has 25 heavy (non-hydrogen) atoms. The first-order chi connectivity index (χ1) is 12.0. The smallest absolute Gasteiger partial charge is 0.238 e. The second kappa shape index (κ2) is 8.09. The Morgan fingerprint density at radius 2 is 1.68 bits per heavy atom. The van der Waals surface area contributed by atoms with Gasteiger partial charge in [0.2, 0.25) is 5.91 Å². The van der Waals surface area contributed by atoms with Crippen LogP contribution in [0.2, 0.25) is 10.0 Å². The molecule has 2 aromatic rings. The summed E-state index contributed by atoms with van der Waals surface area (Å²) in [6.07, 6.45) is 0. The maximum Gasteiger partial charge on any atom is 0.238 e. The van der Waals surface area contributed by atoms with Gasteiger partial charge in [-0.2, -0.15) is 0 Å². The third kappa shape index (κ3) is 4.66. The predicted octanol–water partition coefficient (Wildman–Crippen LogP) is 4.06. The van der Waals surface area contributed by atoms with Crippen LogP contribution >= 0.6 is 23.2 Å². The molecule has 2 aromatic carbocycles. The van der Waals surface area contributed by atoms with Gasteiger partial charge < -0.3 is 10.2 Å². The number of carbonyl (C=O) groups excluding carboxylic acids is 1. The Balaban J connectivity index is 1.53. The third-order valence-corrected chi connectivity index (χ3v) is 4.96. The molecule has 0 aromatic heterocycles. The highest BCUT2D eigenvalue weighted by Gasteiger charge is 2.20. The molecule has 3 rings (SSSR count). The van der Waals surface area contributed by atoms with E-state index >= 15 is 0 Å². The minimum absolute atomic E-state index is 0.0981. The largest absolute Gasteiger partial charge is 0.369 e. The van der Waals surface area contributed by atoms with Gasteiger partial charge in [-0.3, -0.25) is 9.69 Å². The number of carbonyl (C=O) groups is 1. The lowest BCUT2D eigenvalue weighted by atomic mass is 10.2. The molecule has 0 bridgehead atoms. The number of hydrogen-bond acceptors (Lipinski definition) is 3. The van der Waals surface area contributed by atoms with Crippen molar-refractivity contribution in [2.75, 3.05) is 42.9 Å². The summed E-state index contributed by atoms with van der Waals surface area (Å²) in [4.78, 5) is 16.8. The van der Waals surface area contributed by atoms with E-state index in [4.69, 9.17) is 23.2 Å². The number of aryl methyl sites for hydroxylation is 1. The summed E-state index contributed by atoms with van der Waals surface area (Å²) in [5, 5.41) is 3.72. The van der Waals surface area contributed by atoms with Crippen molar-refractivity contribution in [1.29, 1.82) is 0 Å². The van der Waals surface area contributed by atoms with Crippen LogP contribution in [0.4, 0.5) is 11.4 Å². The Hall–Kier alpha value is -1.75. The van der Waals surface area contributed by atoms with Gasteiger partial charge in [0.15, 0.2) is 0 Å². The fourth-order valence-corrected chi connectivity index (χ4v) is 3.48. The maximum atomic E-state index is 12.3. The minimum Gasteiger partial charge on any atom is -0.369 e. The standard InChI is InChI=1S/C19H21Cl2N3O/c1-14-4-2-5-15(12-14)24-10-8-23(9-11-24)13-18(25)22-19-16(20)6-3-7-17(19)21/h2-7,12H,8-11,13H2,1H3,(H,22,25). The minimum atomic E-state index is -0.0981. The van der Waals surface area contributed by atoms with E-state index in [-0.39, 0.29) is 5.91 Å². The number of nitrogens with one attached hydrogen (secondary N) is 1. The molecule has 0 unspecified atom stereocenters. The zero-order valence-electron chi connectivity index (χ0n) is 14.1. The molecule has 0 radical (unpaired) electrons. The number of piperazine rings is 1. The molecule has 0 atom stereocenters. The highest BCUT2D eigenvalue weighted by atomic mass is 35.5. The van der Waals surface area contributed by atoms with Gasteiger partial charge in [-0.1, -0.05) is 41.4 Å². The summed E-state index contributed by atoms with van der Waals surface area (Å²) in [5.41, 5.74) is 2.98. The summed E-state index contributed by atoms with van der Waals surface area (Å²) in [6, 6.07) is 13.7. The van der Waals surface area contributed by atoms with E-state index in [1.165, 1.54) is 11.3 Å². The summed E-state index contributed by atoms with van der Waals surface area (Å²) >= 11 is 12.2. The lowest BCUT2D eigenvalue weighted by Crippen LogP contribution is -2.48. The molecule has 1 fully saturated rings. The van der Waals surface area contributed by atoms with E-state index in [0.717, 1.165) is 26.2 Å². The SMILES string of the molecule is Cc1cccc(N2CCN(CC(=O)Nc3c(Cl)cccc3Cl)CC2)c1. The van der Waals surface area contributed by atoms with Crippen LogP contribution in [0.15, 0.2) is 42.5 Å². The van der Waals surface area contributed by atoms with Gasteiger partial charge in [0.25, 0.3) is 0 Å². The van der Waals surface area contributed by atoms with Crippen LogP contribution in [0.1, 0.15) is 5.56 Å². The van der Waals surface area contributed by atoms with E-state index in [1.54, 1.807) is 18.2 Å². The first-order valence-corrected chi connectivity index (χ1v) is 9.06. The molecule has 1 amide bonds. The molecule has 1 aliphatic rings. The van der Waals surface area contributed by atoms with Crippen molar-refractivity contribution in [2.45, 2.75) is 6.92 Å². The quantitative estimate of drug-likeness (QED) is 0.872. The maximum absolute atomic E-state index is 12.3. The molecule has 1 N–H and O–H groups in total. The number of anilines is 2. The lowest BCUT2D eigenvalue weighted by molar-refractivity contribution is -0.117. The molecule has 1 aliphatic heterocycles. The van der Waals surface area contributed by atoms with Crippen LogP contribution in [-0.4, -0.2) is 43.5 Å². The molecule has 0 saturated carbocycles. The second-order valence-electron chi connectivity index (χ2n) is 6.25. The topological polar surface area (TPSA) is 35.6 Å². The zero-order valence-corrected chi connectivity index (χ0v) is 15.6. The number of nitrogens with zero attached hydrogens (tertiary/aromatic N) is 2. The number of rotatable bonds is 4. The van der Waals surface area contributed by atoms with Crippen LogP contribution in [0.25, 0.3) is 0 Å². The van der Waals surface area contributed by atoms with Crippen LogP contribution in [-0.2, 0) is 4.79 Å². The average molecular weight is 378 g/mol. The first-order valence-electron chi connectivity index (χ1n) is 8.31. The molecular weight excluding hydrogens is 357 g/mol. The van der Waals surface area contributed by atoms with E-state index in [0.29, 0.717) is 22.3 Å². The molecular formula is C19H21Cl2N3O.